The van der Waals surface area contributed by atoms with Crippen molar-refractivity contribution in [3.63, 3.8) is 0 Å². The summed E-state index contributed by atoms with van der Waals surface area (Å²) in [5.41, 5.74) is 3.33. The van der Waals surface area contributed by atoms with E-state index in [1.807, 2.05) is 22.9 Å². The van der Waals surface area contributed by atoms with Gasteiger partial charge in [-0.2, -0.15) is 5.10 Å². The normalized spacial score (nSPS) is 10.2. The molecule has 4 nitrogen and oxygen atoms in total. The van der Waals surface area contributed by atoms with Gasteiger partial charge in [-0.1, -0.05) is 12.1 Å². The monoisotopic (exact) mass is 274 g/mol. The van der Waals surface area contributed by atoms with Gasteiger partial charge < -0.3 is 10.6 Å². The first-order valence-corrected chi connectivity index (χ1v) is 6.72. The van der Waals surface area contributed by atoms with Gasteiger partial charge in [0, 0.05) is 18.4 Å². The van der Waals surface area contributed by atoms with Gasteiger partial charge in [0.2, 0.25) is 0 Å². The van der Waals surface area contributed by atoms with E-state index in [0.717, 1.165) is 17.9 Å². The molecule has 1 aromatic carbocycles. The number of aromatic nitrogens is 2. The lowest BCUT2D eigenvalue weighted by molar-refractivity contribution is 0.614. The van der Waals surface area contributed by atoms with E-state index in [9.17, 15) is 0 Å². The molecule has 0 saturated carbocycles. The largest absolute Gasteiger partial charge is 0.357 e. The van der Waals surface area contributed by atoms with Crippen LogP contribution in [0.1, 0.15) is 18.2 Å². The number of nitrogens with one attached hydrogen (secondary N) is 2. The van der Waals surface area contributed by atoms with Crippen molar-refractivity contribution >= 4 is 23.0 Å². The third kappa shape index (κ3) is 3.79. The predicted octanol–water partition coefficient (Wildman–Crippen LogP) is 2.70. The molecule has 0 aliphatic heterocycles. The van der Waals surface area contributed by atoms with Crippen LogP contribution in [0.3, 0.4) is 0 Å². The molecule has 0 saturated heterocycles. The molecule has 0 aliphatic rings. The number of hydrogen-bond donors (Lipinski definition) is 2. The van der Waals surface area contributed by atoms with Crippen LogP contribution < -0.4 is 10.6 Å². The Morgan fingerprint density at radius 2 is 2.21 bits per heavy atom. The van der Waals surface area contributed by atoms with Crippen molar-refractivity contribution in [1.82, 2.24) is 15.1 Å². The van der Waals surface area contributed by atoms with Crippen LogP contribution in [0.15, 0.2) is 36.5 Å². The zero-order chi connectivity index (χ0) is 13.7. The second-order valence-corrected chi connectivity index (χ2v) is 4.72. The summed E-state index contributed by atoms with van der Waals surface area (Å²) in [5, 5.41) is 11.2. The van der Waals surface area contributed by atoms with Crippen LogP contribution in [-0.4, -0.2) is 14.9 Å². The standard InChI is InChI=1S/C14H18N4S/c1-3-18-13(7-8-16-18)10-15-14(19)17-12-6-4-5-11(2)9-12/h4-9H,3,10H2,1-2H3,(H2,15,17,19). The molecule has 0 spiro atoms. The second-order valence-electron chi connectivity index (χ2n) is 4.32. The molecule has 2 rings (SSSR count). The summed E-state index contributed by atoms with van der Waals surface area (Å²) in [6, 6.07) is 10.1. The van der Waals surface area contributed by atoms with Gasteiger partial charge in [-0.3, -0.25) is 4.68 Å². The van der Waals surface area contributed by atoms with Crippen molar-refractivity contribution in [1.29, 1.82) is 0 Å². The van der Waals surface area contributed by atoms with Gasteiger partial charge in [-0.25, -0.2) is 0 Å². The van der Waals surface area contributed by atoms with E-state index in [1.165, 1.54) is 5.56 Å². The highest BCUT2D eigenvalue weighted by Gasteiger charge is 2.02. The summed E-state index contributed by atoms with van der Waals surface area (Å²) in [6.45, 7) is 5.66. The van der Waals surface area contributed by atoms with Crippen LogP contribution in [-0.2, 0) is 13.1 Å². The first-order chi connectivity index (χ1) is 9.19. The minimum atomic E-state index is 0.620. The van der Waals surface area contributed by atoms with Crippen molar-refractivity contribution in [3.8, 4) is 0 Å². The SMILES string of the molecule is CCn1nccc1CNC(=S)Nc1cccc(C)c1. The van der Waals surface area contributed by atoms with Gasteiger partial charge in [0.05, 0.1) is 12.2 Å². The predicted molar refractivity (Wildman–Crippen MR) is 82.1 cm³/mol. The average molecular weight is 274 g/mol. The maximum atomic E-state index is 5.28. The van der Waals surface area contributed by atoms with E-state index in [-0.39, 0.29) is 0 Å². The minimum absolute atomic E-state index is 0.620. The van der Waals surface area contributed by atoms with Crippen LogP contribution in [0.5, 0.6) is 0 Å². The molecular formula is C14H18N4S. The van der Waals surface area contributed by atoms with Crippen LogP contribution in [0.25, 0.3) is 0 Å². The molecule has 1 heterocycles. The highest BCUT2D eigenvalue weighted by molar-refractivity contribution is 7.80. The van der Waals surface area contributed by atoms with Gasteiger partial charge in [-0.05, 0) is 49.8 Å². The Hall–Kier alpha value is -1.88. The van der Waals surface area contributed by atoms with Crippen LogP contribution in [0, 0.1) is 6.92 Å². The Bertz CT molecular complexity index is 562. The molecule has 2 aromatic rings. The topological polar surface area (TPSA) is 41.9 Å². The van der Waals surface area contributed by atoms with Gasteiger partial charge in [0.25, 0.3) is 0 Å². The van der Waals surface area contributed by atoms with E-state index >= 15 is 0 Å². The summed E-state index contributed by atoms with van der Waals surface area (Å²) >= 11 is 5.28. The lowest BCUT2D eigenvalue weighted by Crippen LogP contribution is -2.28. The van der Waals surface area contributed by atoms with E-state index in [4.69, 9.17) is 12.2 Å². The van der Waals surface area contributed by atoms with Gasteiger partial charge in [0.1, 0.15) is 0 Å². The van der Waals surface area contributed by atoms with E-state index < -0.39 is 0 Å². The second kappa shape index (κ2) is 6.33. The summed E-state index contributed by atoms with van der Waals surface area (Å²) in [6.07, 6.45) is 1.80. The molecule has 0 bridgehead atoms. The maximum Gasteiger partial charge on any atom is 0.171 e. The number of benzene rings is 1. The summed E-state index contributed by atoms with van der Waals surface area (Å²) < 4.78 is 1.95. The Morgan fingerprint density at radius 3 is 2.95 bits per heavy atom. The fourth-order valence-corrected chi connectivity index (χ4v) is 2.05. The first kappa shape index (κ1) is 13.5. The summed E-state index contributed by atoms with van der Waals surface area (Å²) in [5.74, 6) is 0. The molecule has 0 atom stereocenters. The average Bonchev–Trinajstić information content (AvgIpc) is 2.83. The maximum absolute atomic E-state index is 5.28. The Labute approximate surface area is 118 Å². The highest BCUT2D eigenvalue weighted by Crippen LogP contribution is 2.09. The molecule has 0 aliphatic carbocycles. The molecule has 1 aromatic heterocycles. The number of hydrogen-bond acceptors (Lipinski definition) is 2. The molecule has 19 heavy (non-hydrogen) atoms. The van der Waals surface area contributed by atoms with Crippen molar-refractivity contribution in [2.24, 2.45) is 0 Å². The molecule has 0 fully saturated rings. The Balaban J connectivity index is 1.88. The molecular weight excluding hydrogens is 256 g/mol. The van der Waals surface area contributed by atoms with Gasteiger partial charge in [0.15, 0.2) is 5.11 Å². The van der Waals surface area contributed by atoms with Crippen molar-refractivity contribution in [3.05, 3.63) is 47.8 Å². The first-order valence-electron chi connectivity index (χ1n) is 6.31. The number of rotatable bonds is 4. The van der Waals surface area contributed by atoms with Crippen molar-refractivity contribution in [2.45, 2.75) is 26.9 Å². The molecule has 2 N–H and O–H groups in total. The molecule has 100 valence electrons. The molecule has 5 heteroatoms. The lowest BCUT2D eigenvalue weighted by atomic mass is 10.2. The quantitative estimate of drug-likeness (QED) is 0.841. The number of aryl methyl sites for hydroxylation is 2. The van der Waals surface area contributed by atoms with Crippen molar-refractivity contribution in [2.75, 3.05) is 5.32 Å². The van der Waals surface area contributed by atoms with E-state index in [0.29, 0.717) is 11.7 Å². The number of thiocarbonyl (C=S) groups is 1. The summed E-state index contributed by atoms with van der Waals surface area (Å²) in [4.78, 5) is 0. The fourth-order valence-electron chi connectivity index (χ4n) is 1.86. The minimum Gasteiger partial charge on any atom is -0.357 e. The Morgan fingerprint density at radius 1 is 1.37 bits per heavy atom. The van der Waals surface area contributed by atoms with E-state index in [2.05, 4.69) is 41.7 Å². The van der Waals surface area contributed by atoms with Crippen LogP contribution in [0.2, 0.25) is 0 Å². The van der Waals surface area contributed by atoms with Crippen LogP contribution >= 0.6 is 12.2 Å². The zero-order valence-electron chi connectivity index (χ0n) is 11.2. The van der Waals surface area contributed by atoms with Crippen LogP contribution in [0.4, 0.5) is 5.69 Å². The van der Waals surface area contributed by atoms with E-state index in [1.54, 1.807) is 6.20 Å². The molecule has 0 unspecified atom stereocenters. The lowest BCUT2D eigenvalue weighted by Gasteiger charge is -2.11. The molecule has 0 amide bonds. The molecule has 0 radical (unpaired) electrons. The van der Waals surface area contributed by atoms with Crippen molar-refractivity contribution < 1.29 is 0 Å². The van der Waals surface area contributed by atoms with Gasteiger partial charge >= 0.3 is 0 Å². The highest BCUT2D eigenvalue weighted by atomic mass is 32.1. The summed E-state index contributed by atoms with van der Waals surface area (Å²) in [7, 11) is 0. The number of anilines is 1. The number of nitrogens with zero attached hydrogens (tertiary/aromatic N) is 2. The smallest absolute Gasteiger partial charge is 0.171 e. The van der Waals surface area contributed by atoms with Gasteiger partial charge in [-0.15, -0.1) is 0 Å². The Kier molecular flexibility index (Phi) is 4.52. The fraction of sp³-hybridized carbons (Fsp3) is 0.286. The zero-order valence-corrected chi connectivity index (χ0v) is 12.0. The third-order valence-corrected chi connectivity index (χ3v) is 3.06. The third-order valence-electron chi connectivity index (χ3n) is 2.81.